The normalized spacial score (nSPS) is 11.4. The Kier molecular flexibility index (Phi) is 7.22. The number of methoxy groups -OCH3 is 2. The van der Waals surface area contributed by atoms with Gasteiger partial charge in [-0.2, -0.15) is 4.31 Å². The van der Waals surface area contributed by atoms with Gasteiger partial charge in [0.1, 0.15) is 17.3 Å². The Balaban J connectivity index is 1.87. The van der Waals surface area contributed by atoms with Crippen molar-refractivity contribution in [2.75, 3.05) is 26.1 Å². The molecule has 1 N–H and O–H groups in total. The molecule has 0 fully saturated rings. The van der Waals surface area contributed by atoms with E-state index < -0.39 is 22.5 Å². The molecule has 8 nitrogen and oxygen atoms in total. The second-order valence-corrected chi connectivity index (χ2v) is 9.19. The molecule has 0 aliphatic carbocycles. The van der Waals surface area contributed by atoms with Crippen molar-refractivity contribution in [2.24, 2.45) is 0 Å². The van der Waals surface area contributed by atoms with Crippen LogP contribution in [0.25, 0.3) is 0 Å². The maximum absolute atomic E-state index is 13.4. The van der Waals surface area contributed by atoms with Crippen LogP contribution in [0.4, 0.5) is 5.69 Å². The van der Waals surface area contributed by atoms with Crippen LogP contribution in [0.15, 0.2) is 64.1 Å². The summed E-state index contributed by atoms with van der Waals surface area (Å²) in [6.45, 7) is 3.25. The van der Waals surface area contributed by atoms with Gasteiger partial charge in [-0.1, -0.05) is 6.07 Å². The molecule has 1 heterocycles. The van der Waals surface area contributed by atoms with Gasteiger partial charge in [0, 0.05) is 23.9 Å². The number of aryl methyl sites for hydroxylation is 2. The largest absolute Gasteiger partial charge is 0.497 e. The predicted octanol–water partition coefficient (Wildman–Crippen LogP) is 3.74. The molecule has 2 aromatic carbocycles. The molecular weight excluding hydrogens is 432 g/mol. The van der Waals surface area contributed by atoms with Gasteiger partial charge in [0.15, 0.2) is 0 Å². The molecule has 0 unspecified atom stereocenters. The summed E-state index contributed by atoms with van der Waals surface area (Å²) in [6, 6.07) is 13.1. The van der Waals surface area contributed by atoms with Gasteiger partial charge in [0.05, 0.1) is 38.5 Å². The van der Waals surface area contributed by atoms with Crippen LogP contribution in [0.5, 0.6) is 11.5 Å². The number of sulfonamides is 1. The number of amides is 1. The SMILES string of the molecule is COc1cc(NC(=O)CN(Cc2ccco2)S(=O)(=O)c2ccc(C)c(C)c2)cc(OC)c1. The molecule has 0 radical (unpaired) electrons. The minimum absolute atomic E-state index is 0.0862. The number of nitrogens with zero attached hydrogens (tertiary/aromatic N) is 1. The summed E-state index contributed by atoms with van der Waals surface area (Å²) in [5, 5.41) is 2.71. The first-order valence-corrected chi connectivity index (χ1v) is 11.3. The summed E-state index contributed by atoms with van der Waals surface area (Å²) >= 11 is 0. The summed E-state index contributed by atoms with van der Waals surface area (Å²) < 4.78 is 43.6. The number of nitrogens with one attached hydrogen (secondary N) is 1. The van der Waals surface area contributed by atoms with Crippen LogP contribution in [0.1, 0.15) is 16.9 Å². The van der Waals surface area contributed by atoms with E-state index in [1.807, 2.05) is 13.8 Å². The molecule has 170 valence electrons. The third-order valence-electron chi connectivity index (χ3n) is 4.98. The summed E-state index contributed by atoms with van der Waals surface area (Å²) in [5.74, 6) is 0.900. The first-order valence-electron chi connectivity index (χ1n) is 9.85. The Bertz CT molecular complexity index is 1170. The van der Waals surface area contributed by atoms with Crippen molar-refractivity contribution in [2.45, 2.75) is 25.3 Å². The lowest BCUT2D eigenvalue weighted by Gasteiger charge is -2.21. The van der Waals surface area contributed by atoms with Crippen LogP contribution in [0, 0.1) is 13.8 Å². The van der Waals surface area contributed by atoms with Crippen LogP contribution in [0.3, 0.4) is 0 Å². The van der Waals surface area contributed by atoms with E-state index >= 15 is 0 Å². The zero-order valence-electron chi connectivity index (χ0n) is 18.4. The van der Waals surface area contributed by atoms with Crippen molar-refractivity contribution in [3.8, 4) is 11.5 Å². The first kappa shape index (κ1) is 23.4. The second kappa shape index (κ2) is 9.88. The van der Waals surface area contributed by atoms with Gasteiger partial charge in [0.2, 0.25) is 15.9 Å². The van der Waals surface area contributed by atoms with Gasteiger partial charge < -0.3 is 19.2 Å². The van der Waals surface area contributed by atoms with E-state index in [9.17, 15) is 13.2 Å². The second-order valence-electron chi connectivity index (χ2n) is 7.25. The highest BCUT2D eigenvalue weighted by Gasteiger charge is 2.28. The van der Waals surface area contributed by atoms with Crippen molar-refractivity contribution in [3.63, 3.8) is 0 Å². The van der Waals surface area contributed by atoms with E-state index in [4.69, 9.17) is 13.9 Å². The fourth-order valence-corrected chi connectivity index (χ4v) is 4.51. The number of rotatable bonds is 9. The summed E-state index contributed by atoms with van der Waals surface area (Å²) in [5.41, 5.74) is 2.25. The number of hydrogen-bond donors (Lipinski definition) is 1. The molecule has 0 aliphatic heterocycles. The minimum Gasteiger partial charge on any atom is -0.497 e. The highest BCUT2D eigenvalue weighted by molar-refractivity contribution is 7.89. The molecule has 3 aromatic rings. The minimum atomic E-state index is -3.97. The molecular formula is C23H26N2O6S. The van der Waals surface area contributed by atoms with Crippen LogP contribution >= 0.6 is 0 Å². The predicted molar refractivity (Wildman–Crippen MR) is 120 cm³/mol. The standard InChI is InChI=1S/C23H26N2O6S/c1-16-7-8-22(10-17(16)2)32(27,28)25(14-19-6-5-9-31-19)15-23(26)24-18-11-20(29-3)13-21(12-18)30-4/h5-13H,14-15H2,1-4H3,(H,24,26). The topological polar surface area (TPSA) is 98.1 Å². The van der Waals surface area contributed by atoms with E-state index in [2.05, 4.69) is 5.32 Å². The monoisotopic (exact) mass is 458 g/mol. The molecule has 0 atom stereocenters. The summed E-state index contributed by atoms with van der Waals surface area (Å²) in [6.07, 6.45) is 1.46. The zero-order chi connectivity index (χ0) is 23.3. The Morgan fingerprint density at radius 1 is 1.00 bits per heavy atom. The maximum Gasteiger partial charge on any atom is 0.243 e. The summed E-state index contributed by atoms with van der Waals surface area (Å²) in [4.78, 5) is 12.9. The smallest absolute Gasteiger partial charge is 0.243 e. The highest BCUT2D eigenvalue weighted by Crippen LogP contribution is 2.26. The Hall–Kier alpha value is -3.30. The molecule has 1 amide bonds. The molecule has 0 spiro atoms. The molecule has 3 rings (SSSR count). The van der Waals surface area contributed by atoms with Gasteiger partial charge in [-0.25, -0.2) is 8.42 Å². The fraction of sp³-hybridized carbons (Fsp3) is 0.261. The van der Waals surface area contributed by atoms with E-state index in [-0.39, 0.29) is 11.4 Å². The number of anilines is 1. The Labute approximate surface area is 187 Å². The molecule has 0 saturated carbocycles. The van der Waals surface area contributed by atoms with Crippen molar-refractivity contribution in [1.82, 2.24) is 4.31 Å². The number of hydrogen-bond acceptors (Lipinski definition) is 6. The molecule has 1 aromatic heterocycles. The molecule has 0 aliphatic rings. The van der Waals surface area contributed by atoms with Crippen molar-refractivity contribution in [3.05, 3.63) is 71.7 Å². The summed E-state index contributed by atoms with van der Waals surface area (Å²) in [7, 11) is -0.963. The fourth-order valence-electron chi connectivity index (χ4n) is 3.07. The average molecular weight is 459 g/mol. The third-order valence-corrected chi connectivity index (χ3v) is 6.77. The Morgan fingerprint density at radius 2 is 1.69 bits per heavy atom. The molecule has 9 heteroatoms. The number of benzene rings is 2. The average Bonchev–Trinajstić information content (AvgIpc) is 3.27. The van der Waals surface area contributed by atoms with Crippen molar-refractivity contribution < 1.29 is 27.1 Å². The van der Waals surface area contributed by atoms with Gasteiger partial charge in [0.25, 0.3) is 0 Å². The molecule has 0 saturated heterocycles. The lowest BCUT2D eigenvalue weighted by Crippen LogP contribution is -2.37. The van der Waals surface area contributed by atoms with Crippen LogP contribution in [-0.2, 0) is 21.4 Å². The maximum atomic E-state index is 13.4. The van der Waals surface area contributed by atoms with E-state index in [1.165, 1.54) is 26.5 Å². The third kappa shape index (κ3) is 5.49. The van der Waals surface area contributed by atoms with E-state index in [0.29, 0.717) is 22.9 Å². The van der Waals surface area contributed by atoms with Gasteiger partial charge in [-0.15, -0.1) is 0 Å². The number of carbonyl (C=O) groups excluding carboxylic acids is 1. The van der Waals surface area contributed by atoms with E-state index in [1.54, 1.807) is 42.5 Å². The highest BCUT2D eigenvalue weighted by atomic mass is 32.2. The van der Waals surface area contributed by atoms with Crippen LogP contribution in [-0.4, -0.2) is 39.4 Å². The first-order chi connectivity index (χ1) is 15.2. The van der Waals surface area contributed by atoms with Gasteiger partial charge >= 0.3 is 0 Å². The molecule has 32 heavy (non-hydrogen) atoms. The number of carbonyl (C=O) groups is 1. The quantitative estimate of drug-likeness (QED) is 0.525. The van der Waals surface area contributed by atoms with Gasteiger partial charge in [-0.05, 0) is 49.2 Å². The van der Waals surface area contributed by atoms with E-state index in [0.717, 1.165) is 15.4 Å². The lowest BCUT2D eigenvalue weighted by molar-refractivity contribution is -0.116. The van der Waals surface area contributed by atoms with Crippen molar-refractivity contribution in [1.29, 1.82) is 0 Å². The van der Waals surface area contributed by atoms with Gasteiger partial charge in [-0.3, -0.25) is 4.79 Å². The zero-order valence-corrected chi connectivity index (χ0v) is 19.2. The van der Waals surface area contributed by atoms with Crippen molar-refractivity contribution >= 4 is 21.6 Å². The lowest BCUT2D eigenvalue weighted by atomic mass is 10.1. The number of ether oxygens (including phenoxy) is 2. The number of furan rings is 1. The van der Waals surface area contributed by atoms with Crippen LogP contribution < -0.4 is 14.8 Å². The molecule has 0 bridgehead atoms. The van der Waals surface area contributed by atoms with Crippen LogP contribution in [0.2, 0.25) is 0 Å². The Morgan fingerprint density at radius 3 is 2.25 bits per heavy atom.